The molecule has 0 aliphatic rings. The molecule has 16 heavy (non-hydrogen) atoms. The summed E-state index contributed by atoms with van der Waals surface area (Å²) < 4.78 is 10.9. The van der Waals surface area contributed by atoms with Gasteiger partial charge in [-0.2, -0.15) is 0 Å². The lowest BCUT2D eigenvalue weighted by Crippen LogP contribution is -2.23. The summed E-state index contributed by atoms with van der Waals surface area (Å²) in [5.41, 5.74) is 3.49. The van der Waals surface area contributed by atoms with Gasteiger partial charge in [0.25, 0.3) is 0 Å². The number of methoxy groups -OCH3 is 2. The molecule has 1 aromatic carbocycles. The first kappa shape index (κ1) is 13.0. The van der Waals surface area contributed by atoms with Crippen LogP contribution in [0.2, 0.25) is 0 Å². The van der Waals surface area contributed by atoms with Crippen molar-refractivity contribution < 1.29 is 9.47 Å². The van der Waals surface area contributed by atoms with Crippen LogP contribution in [-0.2, 0) is 4.74 Å². The lowest BCUT2D eigenvalue weighted by Gasteiger charge is -2.26. The van der Waals surface area contributed by atoms with Crippen LogP contribution in [0.15, 0.2) is 12.1 Å². The van der Waals surface area contributed by atoms with E-state index in [-0.39, 0.29) is 6.23 Å². The lowest BCUT2D eigenvalue weighted by atomic mass is 10.0. The second-order valence-electron chi connectivity index (χ2n) is 4.25. The quantitative estimate of drug-likeness (QED) is 0.732. The number of benzene rings is 1. The van der Waals surface area contributed by atoms with Gasteiger partial charge in [0.15, 0.2) is 0 Å². The highest BCUT2D eigenvalue weighted by atomic mass is 16.5. The molecule has 0 amide bonds. The summed E-state index contributed by atoms with van der Waals surface area (Å²) in [6, 6.07) is 4.19. The molecule has 1 aromatic rings. The van der Waals surface area contributed by atoms with Gasteiger partial charge in [-0.3, -0.25) is 4.90 Å². The molecule has 0 aliphatic carbocycles. The Labute approximate surface area is 98.0 Å². The Morgan fingerprint density at radius 2 is 1.75 bits per heavy atom. The summed E-state index contributed by atoms with van der Waals surface area (Å²) in [5, 5.41) is 0. The van der Waals surface area contributed by atoms with Gasteiger partial charge in [0, 0.05) is 12.7 Å². The summed E-state index contributed by atoms with van der Waals surface area (Å²) in [6.07, 6.45) is -0.0736. The van der Waals surface area contributed by atoms with Crippen molar-refractivity contribution in [3.8, 4) is 5.75 Å². The molecule has 0 saturated heterocycles. The van der Waals surface area contributed by atoms with Gasteiger partial charge in [-0.1, -0.05) is 6.07 Å². The molecule has 0 heterocycles. The van der Waals surface area contributed by atoms with E-state index in [1.165, 1.54) is 11.1 Å². The average Bonchev–Trinajstić information content (AvgIpc) is 2.21. The third kappa shape index (κ3) is 2.54. The van der Waals surface area contributed by atoms with Crippen LogP contribution >= 0.6 is 0 Å². The maximum absolute atomic E-state index is 5.51. The van der Waals surface area contributed by atoms with Gasteiger partial charge in [0.05, 0.1) is 7.11 Å². The molecule has 3 heteroatoms. The molecular formula is C13H21NO2. The van der Waals surface area contributed by atoms with Gasteiger partial charge in [0.2, 0.25) is 0 Å². The second-order valence-corrected chi connectivity index (χ2v) is 4.25. The van der Waals surface area contributed by atoms with Gasteiger partial charge in [-0.15, -0.1) is 0 Å². The van der Waals surface area contributed by atoms with E-state index in [2.05, 4.69) is 19.9 Å². The van der Waals surface area contributed by atoms with Crippen molar-refractivity contribution in [2.75, 3.05) is 28.3 Å². The molecule has 0 fully saturated rings. The summed E-state index contributed by atoms with van der Waals surface area (Å²) in [6.45, 7) is 4.15. The Balaban J connectivity index is 3.29. The van der Waals surface area contributed by atoms with E-state index in [4.69, 9.17) is 9.47 Å². The van der Waals surface area contributed by atoms with Crippen molar-refractivity contribution in [1.29, 1.82) is 0 Å². The van der Waals surface area contributed by atoms with Crippen molar-refractivity contribution in [3.05, 3.63) is 28.8 Å². The predicted molar refractivity (Wildman–Crippen MR) is 65.9 cm³/mol. The zero-order valence-corrected chi connectivity index (χ0v) is 11.0. The number of ether oxygens (including phenoxy) is 2. The van der Waals surface area contributed by atoms with E-state index >= 15 is 0 Å². The molecule has 3 nitrogen and oxygen atoms in total. The highest BCUT2D eigenvalue weighted by Crippen LogP contribution is 2.32. The monoisotopic (exact) mass is 223 g/mol. The van der Waals surface area contributed by atoms with Gasteiger partial charge >= 0.3 is 0 Å². The second kappa shape index (κ2) is 5.32. The van der Waals surface area contributed by atoms with E-state index in [9.17, 15) is 0 Å². The molecule has 90 valence electrons. The molecule has 0 radical (unpaired) electrons. The molecule has 0 N–H and O–H groups in total. The first-order chi connectivity index (χ1) is 7.51. The zero-order chi connectivity index (χ0) is 12.3. The van der Waals surface area contributed by atoms with E-state index in [1.807, 2.05) is 25.1 Å². The molecule has 1 unspecified atom stereocenters. The Kier molecular flexibility index (Phi) is 4.33. The SMILES string of the molecule is COc1cc(C)cc(C)c1C(OC)N(C)C. The van der Waals surface area contributed by atoms with Crippen LogP contribution in [0.3, 0.4) is 0 Å². The maximum Gasteiger partial charge on any atom is 0.139 e. The Bertz CT molecular complexity index is 361. The van der Waals surface area contributed by atoms with Gasteiger partial charge in [0.1, 0.15) is 12.0 Å². The Morgan fingerprint density at radius 1 is 1.12 bits per heavy atom. The van der Waals surface area contributed by atoms with Gasteiger partial charge in [-0.05, 0) is 45.1 Å². The fourth-order valence-electron chi connectivity index (χ4n) is 2.01. The molecule has 0 saturated carbocycles. The molecule has 1 rings (SSSR count). The highest BCUT2D eigenvalue weighted by molar-refractivity contribution is 5.44. The number of hydrogen-bond acceptors (Lipinski definition) is 3. The molecule has 0 aliphatic heterocycles. The van der Waals surface area contributed by atoms with Crippen LogP contribution in [0, 0.1) is 13.8 Å². The smallest absolute Gasteiger partial charge is 0.139 e. The number of rotatable bonds is 4. The van der Waals surface area contributed by atoms with Crippen LogP contribution in [-0.4, -0.2) is 33.2 Å². The third-order valence-electron chi connectivity index (χ3n) is 2.65. The number of aryl methyl sites for hydroxylation is 2. The minimum atomic E-state index is -0.0736. The summed E-state index contributed by atoms with van der Waals surface area (Å²) in [7, 11) is 7.39. The lowest BCUT2D eigenvalue weighted by molar-refractivity contribution is -0.00740. The van der Waals surface area contributed by atoms with Crippen LogP contribution in [0.5, 0.6) is 5.75 Å². The normalized spacial score (nSPS) is 12.9. The minimum Gasteiger partial charge on any atom is -0.496 e. The fraction of sp³-hybridized carbons (Fsp3) is 0.538. The van der Waals surface area contributed by atoms with Crippen molar-refractivity contribution in [1.82, 2.24) is 4.90 Å². The Morgan fingerprint density at radius 3 is 2.19 bits per heavy atom. The topological polar surface area (TPSA) is 21.7 Å². The van der Waals surface area contributed by atoms with Crippen molar-refractivity contribution >= 4 is 0 Å². The minimum absolute atomic E-state index is 0.0736. The standard InChI is InChI=1S/C13H21NO2/c1-9-7-10(2)12(11(8-9)15-5)13(16-6)14(3)4/h7-8,13H,1-6H3. The Hall–Kier alpha value is -1.06. The van der Waals surface area contributed by atoms with Crippen LogP contribution in [0.4, 0.5) is 0 Å². The molecule has 0 bridgehead atoms. The maximum atomic E-state index is 5.51. The number of hydrogen-bond donors (Lipinski definition) is 0. The van der Waals surface area contributed by atoms with Crippen molar-refractivity contribution in [3.63, 3.8) is 0 Å². The largest absolute Gasteiger partial charge is 0.496 e. The van der Waals surface area contributed by atoms with Gasteiger partial charge in [-0.25, -0.2) is 0 Å². The van der Waals surface area contributed by atoms with Gasteiger partial charge < -0.3 is 9.47 Å². The summed E-state index contributed by atoms with van der Waals surface area (Å²) in [5.74, 6) is 0.887. The van der Waals surface area contributed by atoms with E-state index in [1.54, 1.807) is 14.2 Å². The summed E-state index contributed by atoms with van der Waals surface area (Å²) in [4.78, 5) is 2.03. The molecular weight excluding hydrogens is 202 g/mol. The predicted octanol–water partition coefficient (Wildman–Crippen LogP) is 2.52. The van der Waals surface area contributed by atoms with E-state index < -0.39 is 0 Å². The van der Waals surface area contributed by atoms with E-state index in [0.717, 1.165) is 11.3 Å². The van der Waals surface area contributed by atoms with Crippen LogP contribution < -0.4 is 4.74 Å². The average molecular weight is 223 g/mol. The molecule has 0 spiro atoms. The first-order valence-electron chi connectivity index (χ1n) is 5.35. The van der Waals surface area contributed by atoms with Crippen molar-refractivity contribution in [2.24, 2.45) is 0 Å². The number of nitrogens with zero attached hydrogens (tertiary/aromatic N) is 1. The first-order valence-corrected chi connectivity index (χ1v) is 5.35. The third-order valence-corrected chi connectivity index (χ3v) is 2.65. The van der Waals surface area contributed by atoms with Crippen LogP contribution in [0.1, 0.15) is 22.9 Å². The van der Waals surface area contributed by atoms with E-state index in [0.29, 0.717) is 0 Å². The molecule has 1 atom stereocenters. The zero-order valence-electron chi connectivity index (χ0n) is 11.0. The molecule has 0 aromatic heterocycles. The summed E-state index contributed by atoms with van der Waals surface area (Å²) >= 11 is 0. The van der Waals surface area contributed by atoms with Crippen molar-refractivity contribution in [2.45, 2.75) is 20.1 Å². The highest BCUT2D eigenvalue weighted by Gasteiger charge is 2.20. The fourth-order valence-corrected chi connectivity index (χ4v) is 2.01. The van der Waals surface area contributed by atoms with Crippen LogP contribution in [0.25, 0.3) is 0 Å².